The smallest absolute Gasteiger partial charge is 0.222 e. The van der Waals surface area contributed by atoms with E-state index >= 15 is 0 Å². The second kappa shape index (κ2) is 6.79. The predicted molar refractivity (Wildman–Crippen MR) is 57.0 cm³/mol. The third-order valence-corrected chi connectivity index (χ3v) is 1.81. The van der Waals surface area contributed by atoms with Crippen molar-refractivity contribution in [1.29, 1.82) is 0 Å². The van der Waals surface area contributed by atoms with Crippen molar-refractivity contribution in [2.24, 2.45) is 5.73 Å². The Morgan fingerprint density at radius 2 is 2.07 bits per heavy atom. The molecule has 0 aliphatic carbocycles. The molecule has 0 saturated carbocycles. The van der Waals surface area contributed by atoms with Crippen LogP contribution in [0.2, 0.25) is 0 Å². The first-order valence-corrected chi connectivity index (χ1v) is 5.10. The van der Waals surface area contributed by atoms with Gasteiger partial charge in [0.2, 0.25) is 5.91 Å². The van der Waals surface area contributed by atoms with Gasteiger partial charge in [-0.15, -0.1) is 0 Å². The molecule has 0 aromatic carbocycles. The number of rotatable bonds is 7. The molecule has 0 atom stereocenters. The molecule has 0 rings (SSSR count). The van der Waals surface area contributed by atoms with Crippen molar-refractivity contribution in [2.75, 3.05) is 19.8 Å². The number of ether oxygens (including phenoxy) is 1. The second-order valence-electron chi connectivity index (χ2n) is 4.00. The molecule has 0 heterocycles. The molecule has 0 aromatic heterocycles. The summed E-state index contributed by atoms with van der Waals surface area (Å²) in [6.45, 7) is 7.48. The maximum absolute atomic E-state index is 11.3. The largest absolute Gasteiger partial charge is 0.381 e. The maximum atomic E-state index is 11.3. The molecule has 0 bridgehead atoms. The summed E-state index contributed by atoms with van der Waals surface area (Å²) in [4.78, 5) is 11.3. The first kappa shape index (κ1) is 13.4. The van der Waals surface area contributed by atoms with Crippen LogP contribution in [-0.2, 0) is 9.53 Å². The number of hydrogen-bond acceptors (Lipinski definition) is 3. The molecule has 0 saturated heterocycles. The Balaban J connectivity index is 3.55. The van der Waals surface area contributed by atoms with Crippen molar-refractivity contribution in [2.45, 2.75) is 39.2 Å². The van der Waals surface area contributed by atoms with Crippen molar-refractivity contribution >= 4 is 5.91 Å². The summed E-state index contributed by atoms with van der Waals surface area (Å²) in [5.41, 5.74) is 5.17. The third-order valence-electron chi connectivity index (χ3n) is 1.81. The minimum atomic E-state index is -0.318. The van der Waals surface area contributed by atoms with Gasteiger partial charge in [0.1, 0.15) is 0 Å². The second-order valence-corrected chi connectivity index (χ2v) is 4.00. The quantitative estimate of drug-likeness (QED) is 0.596. The van der Waals surface area contributed by atoms with Crippen molar-refractivity contribution in [3.63, 3.8) is 0 Å². The Morgan fingerprint density at radius 3 is 2.57 bits per heavy atom. The Hall–Kier alpha value is -0.610. The van der Waals surface area contributed by atoms with Crippen molar-refractivity contribution < 1.29 is 9.53 Å². The van der Waals surface area contributed by atoms with Crippen molar-refractivity contribution in [3.05, 3.63) is 0 Å². The zero-order valence-corrected chi connectivity index (χ0v) is 9.43. The van der Waals surface area contributed by atoms with Crippen LogP contribution in [0.1, 0.15) is 33.6 Å². The maximum Gasteiger partial charge on any atom is 0.222 e. The van der Waals surface area contributed by atoms with Gasteiger partial charge in [0, 0.05) is 25.1 Å². The van der Waals surface area contributed by atoms with E-state index in [0.717, 1.165) is 6.42 Å². The SMILES string of the molecule is CCCOCCC(=O)NC(C)(C)CN. The third kappa shape index (κ3) is 6.86. The molecule has 4 heteroatoms. The lowest BCUT2D eigenvalue weighted by atomic mass is 10.1. The Bertz CT molecular complexity index is 170. The van der Waals surface area contributed by atoms with Crippen LogP contribution in [0, 0.1) is 0 Å². The minimum Gasteiger partial charge on any atom is -0.381 e. The van der Waals surface area contributed by atoms with Gasteiger partial charge >= 0.3 is 0 Å². The lowest BCUT2D eigenvalue weighted by molar-refractivity contribution is -0.123. The number of carbonyl (C=O) groups is 1. The fourth-order valence-electron chi connectivity index (χ4n) is 0.902. The van der Waals surface area contributed by atoms with Crippen LogP contribution in [0.4, 0.5) is 0 Å². The summed E-state index contributed by atoms with van der Waals surface area (Å²) in [5.74, 6) is -0.00319. The van der Waals surface area contributed by atoms with Gasteiger partial charge in [0.25, 0.3) is 0 Å². The number of carbonyl (C=O) groups excluding carboxylic acids is 1. The van der Waals surface area contributed by atoms with E-state index in [1.165, 1.54) is 0 Å². The summed E-state index contributed by atoms with van der Waals surface area (Å²) in [6.07, 6.45) is 1.39. The summed E-state index contributed by atoms with van der Waals surface area (Å²) < 4.78 is 5.21. The van der Waals surface area contributed by atoms with Crippen LogP contribution in [-0.4, -0.2) is 31.2 Å². The van der Waals surface area contributed by atoms with Gasteiger partial charge in [-0.25, -0.2) is 0 Å². The van der Waals surface area contributed by atoms with Gasteiger partial charge in [-0.3, -0.25) is 4.79 Å². The van der Waals surface area contributed by atoms with Crippen LogP contribution < -0.4 is 11.1 Å². The molecular weight excluding hydrogens is 180 g/mol. The highest BCUT2D eigenvalue weighted by atomic mass is 16.5. The fraction of sp³-hybridized carbons (Fsp3) is 0.900. The first-order valence-electron chi connectivity index (χ1n) is 5.10. The number of nitrogens with one attached hydrogen (secondary N) is 1. The molecule has 0 radical (unpaired) electrons. The highest BCUT2D eigenvalue weighted by Gasteiger charge is 2.17. The predicted octanol–water partition coefficient (Wildman–Crippen LogP) is 0.657. The van der Waals surface area contributed by atoms with Crippen LogP contribution >= 0.6 is 0 Å². The van der Waals surface area contributed by atoms with Crippen molar-refractivity contribution in [3.8, 4) is 0 Å². The summed E-state index contributed by atoms with van der Waals surface area (Å²) in [6, 6.07) is 0. The van der Waals surface area contributed by atoms with Gasteiger partial charge < -0.3 is 15.8 Å². The Morgan fingerprint density at radius 1 is 1.43 bits per heavy atom. The molecule has 0 unspecified atom stereocenters. The highest BCUT2D eigenvalue weighted by Crippen LogP contribution is 1.99. The van der Waals surface area contributed by atoms with E-state index in [1.807, 2.05) is 20.8 Å². The molecule has 0 aliphatic rings. The van der Waals surface area contributed by atoms with E-state index in [2.05, 4.69) is 5.32 Å². The van der Waals surface area contributed by atoms with E-state index in [-0.39, 0.29) is 11.4 Å². The van der Waals surface area contributed by atoms with Gasteiger partial charge in [-0.1, -0.05) is 6.92 Å². The zero-order valence-electron chi connectivity index (χ0n) is 9.43. The molecule has 84 valence electrons. The topological polar surface area (TPSA) is 64.3 Å². The fourth-order valence-corrected chi connectivity index (χ4v) is 0.902. The minimum absolute atomic E-state index is 0.00319. The van der Waals surface area contributed by atoms with E-state index in [9.17, 15) is 4.79 Å². The van der Waals surface area contributed by atoms with Crippen molar-refractivity contribution in [1.82, 2.24) is 5.32 Å². The van der Waals surface area contributed by atoms with Crippen LogP contribution in [0.15, 0.2) is 0 Å². The average Bonchev–Trinajstić information content (AvgIpc) is 2.12. The molecule has 0 aliphatic heterocycles. The normalized spacial score (nSPS) is 11.4. The summed E-state index contributed by atoms with van der Waals surface area (Å²) in [5, 5.41) is 2.84. The summed E-state index contributed by atoms with van der Waals surface area (Å²) in [7, 11) is 0. The molecule has 1 amide bonds. The molecule has 14 heavy (non-hydrogen) atoms. The van der Waals surface area contributed by atoms with Crippen LogP contribution in [0.5, 0.6) is 0 Å². The molecule has 3 N–H and O–H groups in total. The van der Waals surface area contributed by atoms with Gasteiger partial charge in [0.15, 0.2) is 0 Å². The van der Waals surface area contributed by atoms with Gasteiger partial charge in [0.05, 0.1) is 6.61 Å². The monoisotopic (exact) mass is 202 g/mol. The van der Waals surface area contributed by atoms with Gasteiger partial charge in [-0.2, -0.15) is 0 Å². The van der Waals surface area contributed by atoms with E-state index < -0.39 is 0 Å². The first-order chi connectivity index (χ1) is 6.52. The molecular formula is C10H22N2O2. The van der Waals surface area contributed by atoms with Gasteiger partial charge in [-0.05, 0) is 20.3 Å². The van der Waals surface area contributed by atoms with E-state index in [1.54, 1.807) is 0 Å². The average molecular weight is 202 g/mol. The molecule has 4 nitrogen and oxygen atoms in total. The van der Waals surface area contributed by atoms with E-state index in [4.69, 9.17) is 10.5 Å². The molecule has 0 fully saturated rings. The van der Waals surface area contributed by atoms with Crippen LogP contribution in [0.25, 0.3) is 0 Å². The zero-order chi connectivity index (χ0) is 11.0. The Kier molecular flexibility index (Phi) is 6.49. The highest BCUT2D eigenvalue weighted by molar-refractivity contribution is 5.76. The van der Waals surface area contributed by atoms with E-state index in [0.29, 0.717) is 26.2 Å². The lowest BCUT2D eigenvalue weighted by Gasteiger charge is -2.24. The molecule has 0 spiro atoms. The van der Waals surface area contributed by atoms with Crippen LogP contribution in [0.3, 0.4) is 0 Å². The number of hydrogen-bond donors (Lipinski definition) is 2. The summed E-state index contributed by atoms with van der Waals surface area (Å²) >= 11 is 0. The lowest BCUT2D eigenvalue weighted by Crippen LogP contribution is -2.49. The standard InChI is InChI=1S/C10H22N2O2/c1-4-6-14-7-5-9(13)12-10(2,3)8-11/h4-8,11H2,1-3H3,(H,12,13). The molecule has 0 aromatic rings. The Labute approximate surface area is 86.2 Å². The number of amides is 1. The number of nitrogens with two attached hydrogens (primary N) is 1.